The van der Waals surface area contributed by atoms with Crippen molar-refractivity contribution in [1.29, 1.82) is 0 Å². The summed E-state index contributed by atoms with van der Waals surface area (Å²) < 4.78 is 40.4. The first-order valence-electron chi connectivity index (χ1n) is 6.71. The molecular weight excluding hydrogens is 315 g/mol. The van der Waals surface area contributed by atoms with E-state index in [4.69, 9.17) is 0 Å². The number of nitro groups is 1. The van der Waals surface area contributed by atoms with E-state index < -0.39 is 17.7 Å². The van der Waals surface area contributed by atoms with Crippen LogP contribution in [0.4, 0.5) is 24.5 Å². The van der Waals surface area contributed by atoms with Crippen molar-refractivity contribution >= 4 is 22.3 Å². The minimum atomic E-state index is -4.36. The first-order chi connectivity index (χ1) is 10.8. The number of rotatable bonds is 6. The number of nitrogens with zero attached hydrogens (tertiary/aromatic N) is 2. The van der Waals surface area contributed by atoms with Crippen molar-refractivity contribution in [1.82, 2.24) is 4.98 Å². The predicted molar refractivity (Wildman–Crippen MR) is 78.5 cm³/mol. The lowest BCUT2D eigenvalue weighted by Gasteiger charge is -2.12. The number of halogens is 3. The van der Waals surface area contributed by atoms with Crippen LogP contribution in [0.15, 0.2) is 24.3 Å². The van der Waals surface area contributed by atoms with E-state index in [1.54, 1.807) is 19.1 Å². The molecule has 1 aromatic carbocycles. The van der Waals surface area contributed by atoms with Crippen molar-refractivity contribution in [2.75, 3.05) is 25.1 Å². The fraction of sp³-hybridized carbons (Fsp3) is 0.357. The topological polar surface area (TPSA) is 77.3 Å². The second kappa shape index (κ2) is 6.78. The smallest absolute Gasteiger partial charge is 0.382 e. The molecule has 1 N–H and O–H groups in total. The van der Waals surface area contributed by atoms with Crippen molar-refractivity contribution in [3.63, 3.8) is 0 Å². The number of para-hydroxylation sites is 1. The third-order valence-electron chi connectivity index (χ3n) is 2.97. The summed E-state index contributed by atoms with van der Waals surface area (Å²) in [6.07, 6.45) is -4.36. The molecule has 0 aliphatic carbocycles. The van der Waals surface area contributed by atoms with Crippen molar-refractivity contribution in [2.45, 2.75) is 13.1 Å². The number of alkyl halides is 3. The Morgan fingerprint density at radius 2 is 2.13 bits per heavy atom. The lowest BCUT2D eigenvalue weighted by atomic mass is 10.1. The molecule has 23 heavy (non-hydrogen) atoms. The molecule has 6 nitrogen and oxygen atoms in total. The molecule has 0 aliphatic heterocycles. The SMILES string of the molecule is Cc1cc(NCCOCC(F)(F)F)c2cccc([N+](=O)[O-])c2n1. The number of anilines is 1. The van der Waals surface area contributed by atoms with Gasteiger partial charge in [0.2, 0.25) is 0 Å². The van der Waals surface area contributed by atoms with Gasteiger partial charge in [0.25, 0.3) is 5.69 Å². The first-order valence-corrected chi connectivity index (χ1v) is 6.71. The molecular formula is C14H14F3N3O3. The van der Waals surface area contributed by atoms with Gasteiger partial charge in [-0.25, -0.2) is 4.98 Å². The molecule has 0 spiro atoms. The van der Waals surface area contributed by atoms with E-state index in [0.29, 0.717) is 16.8 Å². The maximum atomic E-state index is 12.0. The van der Waals surface area contributed by atoms with Crippen molar-refractivity contribution in [3.8, 4) is 0 Å². The van der Waals surface area contributed by atoms with Gasteiger partial charge in [0.15, 0.2) is 5.52 Å². The fourth-order valence-electron chi connectivity index (χ4n) is 2.10. The summed E-state index contributed by atoms with van der Waals surface area (Å²) >= 11 is 0. The number of nitrogens with one attached hydrogen (secondary N) is 1. The predicted octanol–water partition coefficient (Wildman–Crippen LogP) is 3.44. The summed E-state index contributed by atoms with van der Waals surface area (Å²) in [6, 6.07) is 6.22. The molecule has 124 valence electrons. The molecule has 1 aromatic heterocycles. The summed E-state index contributed by atoms with van der Waals surface area (Å²) in [6.45, 7) is 0.367. The van der Waals surface area contributed by atoms with E-state index >= 15 is 0 Å². The van der Waals surface area contributed by atoms with E-state index in [1.165, 1.54) is 12.1 Å². The summed E-state index contributed by atoms with van der Waals surface area (Å²) in [5.74, 6) is 0. The van der Waals surface area contributed by atoms with Crippen LogP contribution in [-0.4, -0.2) is 35.8 Å². The Labute approximate surface area is 129 Å². The number of nitro benzene ring substituents is 1. The Balaban J connectivity index is 2.15. The maximum Gasteiger partial charge on any atom is 0.411 e. The van der Waals surface area contributed by atoms with E-state index in [-0.39, 0.29) is 24.4 Å². The van der Waals surface area contributed by atoms with Crippen LogP contribution in [0.5, 0.6) is 0 Å². The number of hydrogen-bond donors (Lipinski definition) is 1. The minimum Gasteiger partial charge on any atom is -0.382 e. The van der Waals surface area contributed by atoms with Crippen LogP contribution >= 0.6 is 0 Å². The monoisotopic (exact) mass is 329 g/mol. The van der Waals surface area contributed by atoms with Gasteiger partial charge in [-0.1, -0.05) is 12.1 Å². The van der Waals surface area contributed by atoms with Gasteiger partial charge in [-0.15, -0.1) is 0 Å². The highest BCUT2D eigenvalue weighted by molar-refractivity contribution is 5.96. The third-order valence-corrected chi connectivity index (χ3v) is 2.97. The third kappa shape index (κ3) is 4.52. The molecule has 9 heteroatoms. The summed E-state index contributed by atoms with van der Waals surface area (Å²) in [5.41, 5.74) is 1.23. The standard InChI is InChI=1S/C14H14F3N3O3/c1-9-7-11(18-5-6-23-8-14(15,16)17)10-3-2-4-12(20(21)22)13(10)19-9/h2-4,7H,5-6,8H2,1H3,(H,18,19). The normalized spacial score (nSPS) is 11.7. The number of ether oxygens (including phenoxy) is 1. The van der Waals surface area contributed by atoms with Crippen LogP contribution in [0.1, 0.15) is 5.69 Å². The van der Waals surface area contributed by atoms with Gasteiger partial charge in [-0.3, -0.25) is 10.1 Å². The molecule has 2 aromatic rings. The van der Waals surface area contributed by atoms with Crippen molar-refractivity contribution in [2.24, 2.45) is 0 Å². The maximum absolute atomic E-state index is 12.0. The Morgan fingerprint density at radius 1 is 1.39 bits per heavy atom. The number of aryl methyl sites for hydroxylation is 1. The van der Waals surface area contributed by atoms with Gasteiger partial charge in [0.05, 0.1) is 11.5 Å². The second-order valence-corrected chi connectivity index (χ2v) is 4.84. The molecule has 0 saturated carbocycles. The lowest BCUT2D eigenvalue weighted by Crippen LogP contribution is -2.20. The number of pyridine rings is 1. The zero-order valence-corrected chi connectivity index (χ0v) is 12.2. The van der Waals surface area contributed by atoms with Gasteiger partial charge in [-0.2, -0.15) is 13.2 Å². The van der Waals surface area contributed by atoms with Crippen molar-refractivity contribution < 1.29 is 22.8 Å². The number of benzene rings is 1. The van der Waals surface area contributed by atoms with E-state index in [1.807, 2.05) is 0 Å². The lowest BCUT2D eigenvalue weighted by molar-refractivity contribution is -0.383. The molecule has 0 saturated heterocycles. The van der Waals surface area contributed by atoms with Crippen LogP contribution in [0.25, 0.3) is 10.9 Å². The molecule has 0 bridgehead atoms. The number of non-ortho nitro benzene ring substituents is 1. The van der Waals surface area contributed by atoms with E-state index in [9.17, 15) is 23.3 Å². The number of hydrogen-bond acceptors (Lipinski definition) is 5. The summed E-state index contributed by atoms with van der Waals surface area (Å²) in [7, 11) is 0. The molecule has 0 unspecified atom stereocenters. The molecule has 0 amide bonds. The quantitative estimate of drug-likeness (QED) is 0.499. The second-order valence-electron chi connectivity index (χ2n) is 4.84. The van der Waals surface area contributed by atoms with E-state index in [2.05, 4.69) is 15.0 Å². The Hall–Kier alpha value is -2.42. The van der Waals surface area contributed by atoms with Gasteiger partial charge in [0.1, 0.15) is 6.61 Å². The van der Waals surface area contributed by atoms with E-state index in [0.717, 1.165) is 0 Å². The largest absolute Gasteiger partial charge is 0.411 e. The van der Waals surface area contributed by atoms with Crippen LogP contribution in [0.2, 0.25) is 0 Å². The van der Waals surface area contributed by atoms with Crippen LogP contribution in [0, 0.1) is 17.0 Å². The highest BCUT2D eigenvalue weighted by Crippen LogP contribution is 2.29. The zero-order valence-electron chi connectivity index (χ0n) is 12.2. The molecule has 0 fully saturated rings. The average Bonchev–Trinajstić information content (AvgIpc) is 2.44. The fourth-order valence-corrected chi connectivity index (χ4v) is 2.10. The molecule has 1 heterocycles. The Morgan fingerprint density at radius 3 is 2.78 bits per heavy atom. The van der Waals surface area contributed by atoms with Gasteiger partial charge in [0, 0.05) is 29.4 Å². The van der Waals surface area contributed by atoms with Crippen molar-refractivity contribution in [3.05, 3.63) is 40.1 Å². The van der Waals surface area contributed by atoms with Crippen LogP contribution < -0.4 is 5.32 Å². The highest BCUT2D eigenvalue weighted by atomic mass is 19.4. The minimum absolute atomic E-state index is 0.123. The Bertz CT molecular complexity index is 719. The van der Waals surface area contributed by atoms with Crippen LogP contribution in [-0.2, 0) is 4.74 Å². The van der Waals surface area contributed by atoms with Gasteiger partial charge < -0.3 is 10.1 Å². The molecule has 0 atom stereocenters. The van der Waals surface area contributed by atoms with Gasteiger partial charge in [-0.05, 0) is 13.0 Å². The summed E-state index contributed by atoms with van der Waals surface area (Å²) in [5, 5.41) is 14.5. The summed E-state index contributed by atoms with van der Waals surface area (Å²) in [4.78, 5) is 14.7. The average molecular weight is 329 g/mol. The molecule has 0 aliphatic rings. The number of fused-ring (bicyclic) bond motifs is 1. The van der Waals surface area contributed by atoms with Crippen LogP contribution in [0.3, 0.4) is 0 Å². The highest BCUT2D eigenvalue weighted by Gasteiger charge is 2.27. The first kappa shape index (κ1) is 16.9. The number of aromatic nitrogens is 1. The molecule has 2 rings (SSSR count). The zero-order chi connectivity index (χ0) is 17.0. The molecule has 0 radical (unpaired) electrons. The Kier molecular flexibility index (Phi) is 4.99. The van der Waals surface area contributed by atoms with Gasteiger partial charge >= 0.3 is 6.18 Å².